The van der Waals surface area contributed by atoms with E-state index < -0.39 is 0 Å². The number of nitrogens with zero attached hydrogens (tertiary/aromatic N) is 2. The average molecular weight is 188 g/mol. The van der Waals surface area contributed by atoms with Gasteiger partial charge in [0.2, 0.25) is 0 Å². The molecule has 0 fully saturated rings. The normalized spacial score (nSPS) is 20.3. The first-order valence-electron chi connectivity index (χ1n) is 4.91. The largest absolute Gasteiger partial charge is 0.385 e. The summed E-state index contributed by atoms with van der Waals surface area (Å²) in [5, 5.41) is 9.69. The molecule has 1 aliphatic rings. The maximum atomic E-state index is 9.69. The predicted molar refractivity (Wildman–Crippen MR) is 54.0 cm³/mol. The van der Waals surface area contributed by atoms with Crippen molar-refractivity contribution in [1.29, 1.82) is 0 Å². The maximum Gasteiger partial charge on any atom is 0.138 e. The summed E-state index contributed by atoms with van der Waals surface area (Å²) in [6, 6.07) is 6.09. The van der Waals surface area contributed by atoms with Crippen molar-refractivity contribution >= 4 is 11.0 Å². The van der Waals surface area contributed by atoms with Crippen LogP contribution in [0.4, 0.5) is 0 Å². The van der Waals surface area contributed by atoms with Crippen LogP contribution in [-0.4, -0.2) is 14.7 Å². The van der Waals surface area contributed by atoms with E-state index in [0.717, 1.165) is 24.3 Å². The lowest BCUT2D eigenvalue weighted by atomic mass is 10.2. The monoisotopic (exact) mass is 188 g/mol. The molecular weight excluding hydrogens is 176 g/mol. The molecule has 1 unspecified atom stereocenters. The Labute approximate surface area is 82.0 Å². The molecule has 1 atom stereocenters. The van der Waals surface area contributed by atoms with Crippen molar-refractivity contribution in [2.24, 2.45) is 0 Å². The molecule has 0 amide bonds. The van der Waals surface area contributed by atoms with Crippen molar-refractivity contribution < 1.29 is 5.11 Å². The van der Waals surface area contributed by atoms with E-state index in [0.29, 0.717) is 0 Å². The summed E-state index contributed by atoms with van der Waals surface area (Å²) in [6.45, 7) is 2.97. The number of imidazole rings is 1. The number of hydrogen-bond acceptors (Lipinski definition) is 2. The van der Waals surface area contributed by atoms with Crippen LogP contribution >= 0.6 is 0 Å². The molecule has 0 radical (unpaired) electrons. The Hall–Kier alpha value is -1.35. The third kappa shape index (κ3) is 0.876. The Morgan fingerprint density at radius 1 is 1.50 bits per heavy atom. The van der Waals surface area contributed by atoms with Gasteiger partial charge in [0, 0.05) is 6.54 Å². The molecule has 14 heavy (non-hydrogen) atoms. The molecule has 3 rings (SSSR count). The molecule has 0 spiro atoms. The fourth-order valence-corrected chi connectivity index (χ4v) is 2.24. The van der Waals surface area contributed by atoms with E-state index >= 15 is 0 Å². The second-order valence-electron chi connectivity index (χ2n) is 3.87. The van der Waals surface area contributed by atoms with E-state index in [2.05, 4.69) is 22.5 Å². The molecule has 72 valence electrons. The van der Waals surface area contributed by atoms with Crippen molar-refractivity contribution in [3.05, 3.63) is 29.6 Å². The number of para-hydroxylation sites is 1. The Morgan fingerprint density at radius 3 is 3.21 bits per heavy atom. The lowest BCUT2D eigenvalue weighted by molar-refractivity contribution is 0.176. The average Bonchev–Trinajstić information content (AvgIpc) is 2.68. The molecule has 0 bridgehead atoms. The highest BCUT2D eigenvalue weighted by molar-refractivity contribution is 5.79. The summed E-state index contributed by atoms with van der Waals surface area (Å²) in [7, 11) is 0. The lowest BCUT2D eigenvalue weighted by Crippen LogP contribution is -1.94. The summed E-state index contributed by atoms with van der Waals surface area (Å²) in [6.07, 6.45) is 0.425. The Morgan fingerprint density at radius 2 is 2.36 bits per heavy atom. The van der Waals surface area contributed by atoms with Crippen LogP contribution in [0.1, 0.15) is 23.9 Å². The van der Waals surface area contributed by atoms with Crippen LogP contribution in [0.15, 0.2) is 18.2 Å². The van der Waals surface area contributed by atoms with Crippen molar-refractivity contribution in [2.45, 2.75) is 26.0 Å². The second-order valence-corrected chi connectivity index (χ2v) is 3.87. The molecular formula is C11H12N2O. The van der Waals surface area contributed by atoms with Crippen LogP contribution in [0.25, 0.3) is 11.0 Å². The van der Waals surface area contributed by atoms with Gasteiger partial charge in [0.05, 0.1) is 11.0 Å². The second kappa shape index (κ2) is 2.58. The number of aliphatic hydroxyl groups excluding tert-OH is 1. The van der Waals surface area contributed by atoms with Gasteiger partial charge in [0.1, 0.15) is 11.9 Å². The quantitative estimate of drug-likeness (QED) is 0.684. The van der Waals surface area contributed by atoms with Crippen molar-refractivity contribution in [3.8, 4) is 0 Å². The summed E-state index contributed by atoms with van der Waals surface area (Å²) in [4.78, 5) is 4.45. The Kier molecular flexibility index (Phi) is 1.47. The minimum absolute atomic E-state index is 0.373. The van der Waals surface area contributed by atoms with Crippen LogP contribution in [-0.2, 0) is 6.54 Å². The molecule has 0 saturated heterocycles. The van der Waals surface area contributed by atoms with E-state index in [9.17, 15) is 5.11 Å². The fourth-order valence-electron chi connectivity index (χ4n) is 2.24. The van der Waals surface area contributed by atoms with Crippen LogP contribution in [0.5, 0.6) is 0 Å². The number of aromatic nitrogens is 2. The van der Waals surface area contributed by atoms with Gasteiger partial charge in [-0.1, -0.05) is 12.1 Å². The standard InChI is InChI=1S/C11H12N2O/c1-7-3-2-4-8-10(7)13-6-5-9(14)11(13)12-8/h2-4,9,14H,5-6H2,1H3. The third-order valence-electron chi connectivity index (χ3n) is 2.92. The summed E-state index contributed by atoms with van der Waals surface area (Å²) in [5.41, 5.74) is 3.41. The summed E-state index contributed by atoms with van der Waals surface area (Å²) >= 11 is 0. The SMILES string of the molecule is Cc1cccc2nc3n(c12)CCC3O. The maximum absolute atomic E-state index is 9.69. The van der Waals surface area contributed by atoms with E-state index in [-0.39, 0.29) is 6.10 Å². The molecule has 0 saturated carbocycles. The molecule has 3 heteroatoms. The first-order chi connectivity index (χ1) is 6.77. The highest BCUT2D eigenvalue weighted by Gasteiger charge is 2.24. The van der Waals surface area contributed by atoms with Crippen LogP contribution < -0.4 is 0 Å². The number of rotatable bonds is 0. The molecule has 2 aromatic rings. The minimum Gasteiger partial charge on any atom is -0.385 e. The zero-order valence-corrected chi connectivity index (χ0v) is 8.07. The van der Waals surface area contributed by atoms with Crippen molar-refractivity contribution in [2.75, 3.05) is 0 Å². The highest BCUT2D eigenvalue weighted by Crippen LogP contribution is 2.30. The number of aryl methyl sites for hydroxylation is 2. The van der Waals surface area contributed by atoms with Gasteiger partial charge in [-0.2, -0.15) is 0 Å². The van der Waals surface area contributed by atoms with Gasteiger partial charge >= 0.3 is 0 Å². The number of aliphatic hydroxyl groups is 1. The van der Waals surface area contributed by atoms with Crippen molar-refractivity contribution in [1.82, 2.24) is 9.55 Å². The molecule has 1 aromatic heterocycles. The fraction of sp³-hybridized carbons (Fsp3) is 0.364. The van der Waals surface area contributed by atoms with Gasteiger partial charge in [0.25, 0.3) is 0 Å². The zero-order chi connectivity index (χ0) is 9.71. The van der Waals surface area contributed by atoms with E-state index in [1.807, 2.05) is 12.1 Å². The molecule has 2 heterocycles. The number of hydrogen-bond donors (Lipinski definition) is 1. The Bertz CT molecular complexity index is 501. The van der Waals surface area contributed by atoms with Gasteiger partial charge in [-0.05, 0) is 25.0 Å². The van der Waals surface area contributed by atoms with E-state index in [1.54, 1.807) is 0 Å². The third-order valence-corrected chi connectivity index (χ3v) is 2.92. The minimum atomic E-state index is -0.373. The first kappa shape index (κ1) is 8.00. The number of benzene rings is 1. The van der Waals surface area contributed by atoms with Gasteiger partial charge in [-0.3, -0.25) is 0 Å². The molecule has 3 nitrogen and oxygen atoms in total. The van der Waals surface area contributed by atoms with E-state index in [1.165, 1.54) is 11.1 Å². The smallest absolute Gasteiger partial charge is 0.138 e. The van der Waals surface area contributed by atoms with Crippen LogP contribution in [0.3, 0.4) is 0 Å². The molecule has 1 aromatic carbocycles. The lowest BCUT2D eigenvalue weighted by Gasteiger charge is -2.00. The summed E-state index contributed by atoms with van der Waals surface area (Å²) in [5.74, 6) is 0.828. The highest BCUT2D eigenvalue weighted by atomic mass is 16.3. The van der Waals surface area contributed by atoms with E-state index in [4.69, 9.17) is 0 Å². The van der Waals surface area contributed by atoms with Crippen LogP contribution in [0, 0.1) is 6.92 Å². The topological polar surface area (TPSA) is 38.0 Å². The molecule has 1 aliphatic heterocycles. The first-order valence-corrected chi connectivity index (χ1v) is 4.91. The number of fused-ring (bicyclic) bond motifs is 3. The zero-order valence-electron chi connectivity index (χ0n) is 8.07. The van der Waals surface area contributed by atoms with Crippen LogP contribution in [0.2, 0.25) is 0 Å². The van der Waals surface area contributed by atoms with Gasteiger partial charge < -0.3 is 9.67 Å². The van der Waals surface area contributed by atoms with Gasteiger partial charge in [-0.25, -0.2) is 4.98 Å². The molecule has 1 N–H and O–H groups in total. The van der Waals surface area contributed by atoms with Crippen molar-refractivity contribution in [3.63, 3.8) is 0 Å². The van der Waals surface area contributed by atoms with Gasteiger partial charge in [-0.15, -0.1) is 0 Å². The Balaban J connectivity index is 2.41. The predicted octanol–water partition coefficient (Wildman–Crippen LogP) is 1.78. The summed E-state index contributed by atoms with van der Waals surface area (Å²) < 4.78 is 2.13. The molecule has 0 aliphatic carbocycles. The van der Waals surface area contributed by atoms with Gasteiger partial charge in [0.15, 0.2) is 0 Å².